The van der Waals surface area contributed by atoms with Gasteiger partial charge < -0.3 is 40.3 Å². The second kappa shape index (κ2) is 24.4. The van der Waals surface area contributed by atoms with Gasteiger partial charge in [0.25, 0.3) is 0 Å². The van der Waals surface area contributed by atoms with Gasteiger partial charge in [-0.15, -0.1) is 0 Å². The topological polar surface area (TPSA) is 149 Å². The molecule has 0 aliphatic carbocycles. The highest BCUT2D eigenvalue weighted by Gasteiger charge is 2.44. The number of aliphatic hydroxyl groups is 5. The maximum absolute atomic E-state index is 12.7. The van der Waals surface area contributed by atoms with Gasteiger partial charge in [-0.05, 0) is 38.5 Å². The Morgan fingerprint density at radius 2 is 1.37 bits per heavy atom. The zero-order valence-electron chi connectivity index (χ0n) is 25.8. The quantitative estimate of drug-likeness (QED) is 0.0685. The molecule has 0 radical (unpaired) electrons. The van der Waals surface area contributed by atoms with Crippen LogP contribution in [-0.2, 0) is 14.3 Å². The lowest BCUT2D eigenvalue weighted by Gasteiger charge is -2.40. The van der Waals surface area contributed by atoms with Crippen LogP contribution in [0.4, 0.5) is 0 Å². The van der Waals surface area contributed by atoms with E-state index in [1.54, 1.807) is 0 Å². The Kier molecular flexibility index (Phi) is 22.6. The first-order valence-electron chi connectivity index (χ1n) is 16.4. The van der Waals surface area contributed by atoms with E-state index in [0.29, 0.717) is 12.8 Å². The standard InChI is InChI=1S/C32H61NO8/c1-3-5-7-9-10-11-12-13-14-15-16-17-18-20-22-28(36)33-25(26(35)21-19-8-6-4-2)24-40-32-31(39)30(38)29(37)27(23-34)41-32/h12-13,25-27,29-32,34-35,37-39H,3-11,14-24H2,1-2H3,(H,33,36)/b13-12-. The van der Waals surface area contributed by atoms with Gasteiger partial charge in [-0.1, -0.05) is 96.6 Å². The maximum Gasteiger partial charge on any atom is 0.220 e. The van der Waals surface area contributed by atoms with Crippen LogP contribution in [0.25, 0.3) is 0 Å². The first-order valence-corrected chi connectivity index (χ1v) is 16.4. The summed E-state index contributed by atoms with van der Waals surface area (Å²) in [5.41, 5.74) is 0. The van der Waals surface area contributed by atoms with Crippen LogP contribution in [-0.4, -0.2) is 87.5 Å². The number of carbonyl (C=O) groups excluding carboxylic acids is 1. The fourth-order valence-corrected chi connectivity index (χ4v) is 5.09. The van der Waals surface area contributed by atoms with E-state index in [2.05, 4.69) is 31.3 Å². The molecule has 1 heterocycles. The molecule has 242 valence electrons. The molecular weight excluding hydrogens is 526 g/mol. The smallest absolute Gasteiger partial charge is 0.220 e. The van der Waals surface area contributed by atoms with Gasteiger partial charge in [-0.25, -0.2) is 0 Å². The van der Waals surface area contributed by atoms with E-state index in [1.807, 2.05) is 0 Å². The summed E-state index contributed by atoms with van der Waals surface area (Å²) < 4.78 is 11.1. The van der Waals surface area contributed by atoms with E-state index in [0.717, 1.165) is 57.8 Å². The van der Waals surface area contributed by atoms with Gasteiger partial charge in [0.1, 0.15) is 24.4 Å². The Labute approximate surface area is 248 Å². The van der Waals surface area contributed by atoms with E-state index in [4.69, 9.17) is 9.47 Å². The van der Waals surface area contributed by atoms with Crippen molar-refractivity contribution in [2.45, 2.75) is 172 Å². The van der Waals surface area contributed by atoms with Gasteiger partial charge in [-0.2, -0.15) is 0 Å². The first kappa shape index (κ1) is 38.0. The Hall–Kier alpha value is -1.07. The van der Waals surface area contributed by atoms with Gasteiger partial charge in [-0.3, -0.25) is 4.79 Å². The maximum atomic E-state index is 12.7. The van der Waals surface area contributed by atoms with Crippen LogP contribution < -0.4 is 5.32 Å². The summed E-state index contributed by atoms with van der Waals surface area (Å²) in [5.74, 6) is -0.165. The SMILES string of the molecule is CCCCCCC/C=C\CCCCCCCC(=O)NC(COC1OC(CO)C(O)C(O)C1O)C(O)CCCCCC. The van der Waals surface area contributed by atoms with E-state index >= 15 is 0 Å². The van der Waals surface area contributed by atoms with Crippen LogP contribution in [0.3, 0.4) is 0 Å². The number of allylic oxidation sites excluding steroid dienone is 2. The normalized spacial score (nSPS) is 24.5. The highest BCUT2D eigenvalue weighted by Crippen LogP contribution is 2.22. The molecule has 1 saturated heterocycles. The monoisotopic (exact) mass is 587 g/mol. The predicted molar refractivity (Wildman–Crippen MR) is 161 cm³/mol. The number of amides is 1. The van der Waals surface area contributed by atoms with Crippen LogP contribution in [0.5, 0.6) is 0 Å². The summed E-state index contributed by atoms with van der Waals surface area (Å²) in [5, 5.41) is 53.3. The summed E-state index contributed by atoms with van der Waals surface area (Å²) in [6, 6.07) is -0.713. The third-order valence-corrected chi connectivity index (χ3v) is 7.87. The van der Waals surface area contributed by atoms with E-state index < -0.39 is 49.5 Å². The van der Waals surface area contributed by atoms with Crippen molar-refractivity contribution in [3.8, 4) is 0 Å². The molecule has 0 saturated carbocycles. The van der Waals surface area contributed by atoms with Crippen molar-refractivity contribution >= 4 is 5.91 Å². The van der Waals surface area contributed by atoms with Crippen molar-refractivity contribution in [3.05, 3.63) is 12.2 Å². The Morgan fingerprint density at radius 1 is 0.805 bits per heavy atom. The third kappa shape index (κ3) is 17.0. The molecule has 0 aromatic carbocycles. The van der Waals surface area contributed by atoms with Crippen LogP contribution in [0, 0.1) is 0 Å². The Morgan fingerprint density at radius 3 is 1.98 bits per heavy atom. The molecule has 1 aliphatic rings. The number of hydrogen-bond acceptors (Lipinski definition) is 8. The highest BCUT2D eigenvalue weighted by atomic mass is 16.7. The summed E-state index contributed by atoms with van der Waals surface area (Å²) in [6.07, 6.45) is 15.6. The van der Waals surface area contributed by atoms with E-state index in [1.165, 1.54) is 44.9 Å². The zero-order valence-corrected chi connectivity index (χ0v) is 25.8. The lowest BCUT2D eigenvalue weighted by molar-refractivity contribution is -0.302. The largest absolute Gasteiger partial charge is 0.394 e. The summed E-state index contributed by atoms with van der Waals surface area (Å²) >= 11 is 0. The molecule has 1 rings (SSSR count). The number of ether oxygens (including phenoxy) is 2. The molecule has 0 spiro atoms. The van der Waals surface area contributed by atoms with Gasteiger partial charge in [0.05, 0.1) is 25.4 Å². The molecule has 1 amide bonds. The van der Waals surface area contributed by atoms with Crippen molar-refractivity contribution in [1.82, 2.24) is 5.32 Å². The lowest BCUT2D eigenvalue weighted by atomic mass is 9.99. The minimum Gasteiger partial charge on any atom is -0.394 e. The third-order valence-electron chi connectivity index (χ3n) is 7.87. The van der Waals surface area contributed by atoms with Crippen molar-refractivity contribution in [2.75, 3.05) is 13.2 Å². The van der Waals surface area contributed by atoms with Crippen molar-refractivity contribution in [3.63, 3.8) is 0 Å². The van der Waals surface area contributed by atoms with Crippen LogP contribution in [0.15, 0.2) is 12.2 Å². The molecule has 6 N–H and O–H groups in total. The van der Waals surface area contributed by atoms with Crippen molar-refractivity contribution in [1.29, 1.82) is 0 Å². The van der Waals surface area contributed by atoms with Gasteiger partial charge in [0.15, 0.2) is 6.29 Å². The lowest BCUT2D eigenvalue weighted by Crippen LogP contribution is -2.60. The molecule has 9 heteroatoms. The second-order valence-electron chi connectivity index (χ2n) is 11.6. The molecule has 0 aromatic rings. The molecule has 7 unspecified atom stereocenters. The van der Waals surface area contributed by atoms with Crippen molar-refractivity contribution in [2.24, 2.45) is 0 Å². The molecule has 1 aliphatic heterocycles. The predicted octanol–water partition coefficient (Wildman–Crippen LogP) is 4.27. The molecule has 9 nitrogen and oxygen atoms in total. The minimum atomic E-state index is -1.55. The van der Waals surface area contributed by atoms with Gasteiger partial charge in [0, 0.05) is 6.42 Å². The highest BCUT2D eigenvalue weighted by molar-refractivity contribution is 5.76. The molecular formula is C32H61NO8. The Balaban J connectivity index is 2.38. The van der Waals surface area contributed by atoms with E-state index in [9.17, 15) is 30.3 Å². The van der Waals surface area contributed by atoms with Gasteiger partial charge in [0.2, 0.25) is 5.91 Å². The number of unbranched alkanes of at least 4 members (excludes halogenated alkanes) is 13. The minimum absolute atomic E-state index is 0.143. The molecule has 1 fully saturated rings. The van der Waals surface area contributed by atoms with Crippen molar-refractivity contribution < 1.29 is 39.8 Å². The molecule has 41 heavy (non-hydrogen) atoms. The van der Waals surface area contributed by atoms with Crippen LogP contribution >= 0.6 is 0 Å². The Bertz CT molecular complexity index is 662. The first-order chi connectivity index (χ1) is 19.8. The summed E-state index contributed by atoms with van der Waals surface area (Å²) in [6.45, 7) is 3.65. The number of carbonyl (C=O) groups is 1. The van der Waals surface area contributed by atoms with Crippen LogP contribution in [0.2, 0.25) is 0 Å². The van der Waals surface area contributed by atoms with Crippen LogP contribution in [0.1, 0.15) is 129 Å². The number of aliphatic hydroxyl groups excluding tert-OH is 5. The average molecular weight is 588 g/mol. The summed E-state index contributed by atoms with van der Waals surface area (Å²) in [4.78, 5) is 12.7. The second-order valence-corrected chi connectivity index (χ2v) is 11.6. The average Bonchev–Trinajstić information content (AvgIpc) is 2.97. The fraction of sp³-hybridized carbons (Fsp3) is 0.906. The zero-order chi connectivity index (χ0) is 30.3. The molecule has 0 bridgehead atoms. The number of nitrogens with one attached hydrogen (secondary N) is 1. The van der Waals surface area contributed by atoms with E-state index in [-0.39, 0.29) is 12.5 Å². The number of hydrogen-bond donors (Lipinski definition) is 6. The number of rotatable bonds is 25. The molecule has 0 aromatic heterocycles. The summed E-state index contributed by atoms with van der Waals surface area (Å²) in [7, 11) is 0. The molecule has 7 atom stereocenters. The van der Waals surface area contributed by atoms with Gasteiger partial charge >= 0.3 is 0 Å². The fourth-order valence-electron chi connectivity index (χ4n) is 5.09.